The van der Waals surface area contributed by atoms with Crippen molar-refractivity contribution in [3.63, 3.8) is 0 Å². The summed E-state index contributed by atoms with van der Waals surface area (Å²) >= 11 is 7.20. The van der Waals surface area contributed by atoms with Crippen LogP contribution in [0.5, 0.6) is 0 Å². The first-order valence-corrected chi connectivity index (χ1v) is 7.32. The molecule has 0 saturated carbocycles. The van der Waals surface area contributed by atoms with Gasteiger partial charge in [0.2, 0.25) is 0 Å². The van der Waals surface area contributed by atoms with E-state index in [1.807, 2.05) is 0 Å². The quantitative estimate of drug-likeness (QED) is 0.635. The Labute approximate surface area is 128 Å². The summed E-state index contributed by atoms with van der Waals surface area (Å²) in [5, 5.41) is 3.22. The number of amides is 2. The summed E-state index contributed by atoms with van der Waals surface area (Å²) in [5.41, 5.74) is 5.88. The number of hydrogen-bond acceptors (Lipinski definition) is 3. The standard InChI is InChI=1S/C14H10ClN3O2S/c15-9-3-4-10-8(6-9)7-11(16-10)13(19)17-18-14(20)12-2-1-5-21-12/h1-7,16H,(H,17,19)(H,18,20). The number of fused-ring (bicyclic) bond motifs is 1. The monoisotopic (exact) mass is 319 g/mol. The Hall–Kier alpha value is -2.31. The van der Waals surface area contributed by atoms with Gasteiger partial charge in [0.1, 0.15) is 5.69 Å². The van der Waals surface area contributed by atoms with E-state index in [9.17, 15) is 9.59 Å². The summed E-state index contributed by atoms with van der Waals surface area (Å²) < 4.78 is 0. The summed E-state index contributed by atoms with van der Waals surface area (Å²) in [4.78, 5) is 27.2. The molecule has 3 rings (SSSR count). The van der Waals surface area contributed by atoms with Crippen molar-refractivity contribution in [3.05, 3.63) is 57.4 Å². The average Bonchev–Trinajstić information content (AvgIpc) is 3.12. The molecule has 21 heavy (non-hydrogen) atoms. The number of aromatic amines is 1. The SMILES string of the molecule is O=C(NNC(=O)c1cccs1)c1cc2cc(Cl)ccc2[nH]1. The summed E-state index contributed by atoms with van der Waals surface area (Å²) in [6.45, 7) is 0. The second kappa shape index (κ2) is 5.59. The lowest BCUT2D eigenvalue weighted by atomic mass is 10.2. The van der Waals surface area contributed by atoms with E-state index in [1.54, 1.807) is 41.8 Å². The smallest absolute Gasteiger partial charge is 0.286 e. The average molecular weight is 320 g/mol. The number of hydrazine groups is 1. The molecule has 0 radical (unpaired) electrons. The number of carbonyl (C=O) groups excluding carboxylic acids is 2. The summed E-state index contributed by atoms with van der Waals surface area (Å²) in [6, 6.07) is 10.4. The van der Waals surface area contributed by atoms with Crippen molar-refractivity contribution < 1.29 is 9.59 Å². The fourth-order valence-electron chi connectivity index (χ4n) is 1.88. The molecule has 7 heteroatoms. The Morgan fingerprint density at radius 1 is 1.10 bits per heavy atom. The van der Waals surface area contributed by atoms with Crippen molar-refractivity contribution in [2.45, 2.75) is 0 Å². The Morgan fingerprint density at radius 2 is 1.90 bits per heavy atom. The van der Waals surface area contributed by atoms with Gasteiger partial charge >= 0.3 is 0 Å². The predicted molar refractivity (Wildman–Crippen MR) is 82.6 cm³/mol. The lowest BCUT2D eigenvalue weighted by Crippen LogP contribution is -2.41. The molecule has 2 aromatic heterocycles. The maximum absolute atomic E-state index is 12.0. The number of aromatic nitrogens is 1. The molecule has 0 bridgehead atoms. The van der Waals surface area contributed by atoms with Crippen LogP contribution in [0.15, 0.2) is 41.8 Å². The van der Waals surface area contributed by atoms with Crippen LogP contribution in [0.2, 0.25) is 5.02 Å². The second-order valence-electron chi connectivity index (χ2n) is 4.30. The lowest BCUT2D eigenvalue weighted by Gasteiger charge is -2.04. The van der Waals surface area contributed by atoms with Crippen LogP contribution in [0.1, 0.15) is 20.2 Å². The van der Waals surface area contributed by atoms with Gasteiger partial charge < -0.3 is 4.98 Å². The van der Waals surface area contributed by atoms with Gasteiger partial charge in [0.15, 0.2) is 0 Å². The van der Waals surface area contributed by atoms with E-state index in [0.717, 1.165) is 10.9 Å². The van der Waals surface area contributed by atoms with Crippen molar-refractivity contribution >= 4 is 45.7 Å². The molecule has 3 aromatic rings. The third-order valence-corrected chi connectivity index (χ3v) is 3.97. The van der Waals surface area contributed by atoms with Crippen molar-refractivity contribution in [2.24, 2.45) is 0 Å². The molecule has 0 unspecified atom stereocenters. The van der Waals surface area contributed by atoms with Crippen molar-refractivity contribution in [2.75, 3.05) is 0 Å². The van der Waals surface area contributed by atoms with Gasteiger partial charge in [-0.05, 0) is 35.7 Å². The number of rotatable bonds is 2. The number of nitrogens with one attached hydrogen (secondary N) is 3. The fourth-order valence-corrected chi connectivity index (χ4v) is 2.68. The molecule has 0 aliphatic carbocycles. The molecule has 106 valence electrons. The first-order valence-electron chi connectivity index (χ1n) is 6.06. The molecule has 0 atom stereocenters. The number of thiophene rings is 1. The largest absolute Gasteiger partial charge is 0.350 e. The zero-order chi connectivity index (χ0) is 14.8. The van der Waals surface area contributed by atoms with Gasteiger partial charge in [-0.15, -0.1) is 11.3 Å². The van der Waals surface area contributed by atoms with Crippen molar-refractivity contribution in [1.82, 2.24) is 15.8 Å². The fraction of sp³-hybridized carbons (Fsp3) is 0. The highest BCUT2D eigenvalue weighted by atomic mass is 35.5. The highest BCUT2D eigenvalue weighted by molar-refractivity contribution is 7.12. The van der Waals surface area contributed by atoms with E-state index < -0.39 is 5.91 Å². The van der Waals surface area contributed by atoms with Gasteiger partial charge in [-0.2, -0.15) is 0 Å². The molecule has 0 aliphatic heterocycles. The summed E-state index contributed by atoms with van der Waals surface area (Å²) in [7, 11) is 0. The molecule has 0 fully saturated rings. The van der Waals surface area contributed by atoms with E-state index in [2.05, 4.69) is 15.8 Å². The van der Waals surface area contributed by atoms with E-state index in [-0.39, 0.29) is 5.91 Å². The minimum absolute atomic E-state index is 0.346. The molecule has 5 nitrogen and oxygen atoms in total. The van der Waals surface area contributed by atoms with E-state index in [4.69, 9.17) is 11.6 Å². The van der Waals surface area contributed by atoms with Crippen molar-refractivity contribution in [3.8, 4) is 0 Å². The number of carbonyl (C=O) groups is 2. The van der Waals surface area contributed by atoms with Gasteiger partial charge in [-0.1, -0.05) is 17.7 Å². The Morgan fingerprint density at radius 3 is 2.67 bits per heavy atom. The first kappa shape index (κ1) is 13.7. The molecular formula is C14H10ClN3O2S. The highest BCUT2D eigenvalue weighted by Crippen LogP contribution is 2.19. The third kappa shape index (κ3) is 2.91. The molecule has 3 N–H and O–H groups in total. The normalized spacial score (nSPS) is 10.5. The second-order valence-corrected chi connectivity index (χ2v) is 5.68. The van der Waals surface area contributed by atoms with Crippen LogP contribution >= 0.6 is 22.9 Å². The molecule has 2 amide bonds. The van der Waals surface area contributed by atoms with E-state index in [0.29, 0.717) is 15.6 Å². The summed E-state index contributed by atoms with van der Waals surface area (Å²) in [6.07, 6.45) is 0. The molecule has 0 spiro atoms. The molecule has 0 saturated heterocycles. The molecule has 2 heterocycles. The molecule has 1 aromatic carbocycles. The zero-order valence-corrected chi connectivity index (χ0v) is 12.2. The number of halogens is 1. The minimum atomic E-state index is -0.424. The van der Waals surface area contributed by atoms with Crippen LogP contribution in [0.4, 0.5) is 0 Å². The van der Waals surface area contributed by atoms with Crippen LogP contribution in [-0.2, 0) is 0 Å². The van der Waals surface area contributed by atoms with Gasteiger partial charge in [-0.3, -0.25) is 20.4 Å². The Kier molecular flexibility index (Phi) is 3.64. The van der Waals surface area contributed by atoms with Gasteiger partial charge in [-0.25, -0.2) is 0 Å². The molecule has 0 aliphatic rings. The lowest BCUT2D eigenvalue weighted by molar-refractivity contribution is 0.0846. The molecular weight excluding hydrogens is 310 g/mol. The van der Waals surface area contributed by atoms with Gasteiger partial charge in [0.05, 0.1) is 4.88 Å². The van der Waals surface area contributed by atoms with E-state index in [1.165, 1.54) is 11.3 Å². The van der Waals surface area contributed by atoms with Crippen LogP contribution in [0, 0.1) is 0 Å². The van der Waals surface area contributed by atoms with Crippen molar-refractivity contribution in [1.29, 1.82) is 0 Å². The van der Waals surface area contributed by atoms with Gasteiger partial charge in [0, 0.05) is 15.9 Å². The number of H-pyrrole nitrogens is 1. The number of hydrogen-bond donors (Lipinski definition) is 3. The minimum Gasteiger partial charge on any atom is -0.350 e. The maximum Gasteiger partial charge on any atom is 0.286 e. The van der Waals surface area contributed by atoms with Crippen LogP contribution in [-0.4, -0.2) is 16.8 Å². The predicted octanol–water partition coefficient (Wildman–Crippen LogP) is 2.96. The third-order valence-electron chi connectivity index (χ3n) is 2.86. The maximum atomic E-state index is 12.0. The van der Waals surface area contributed by atoms with Crippen LogP contribution in [0.25, 0.3) is 10.9 Å². The summed E-state index contributed by atoms with van der Waals surface area (Å²) in [5.74, 6) is -0.773. The zero-order valence-electron chi connectivity index (χ0n) is 10.6. The Bertz CT molecular complexity index is 811. The highest BCUT2D eigenvalue weighted by Gasteiger charge is 2.12. The Balaban J connectivity index is 1.70. The van der Waals surface area contributed by atoms with Crippen LogP contribution in [0.3, 0.4) is 0 Å². The topological polar surface area (TPSA) is 74.0 Å². The van der Waals surface area contributed by atoms with Crippen LogP contribution < -0.4 is 10.9 Å². The number of benzene rings is 1. The van der Waals surface area contributed by atoms with E-state index >= 15 is 0 Å². The van der Waals surface area contributed by atoms with Gasteiger partial charge in [0.25, 0.3) is 11.8 Å². The first-order chi connectivity index (χ1) is 10.1.